The Bertz CT molecular complexity index is 1580. The number of amides is 1. The molecule has 2 aromatic carbocycles. The number of rotatable bonds is 6. The maximum atomic E-state index is 13.1. The number of esters is 1. The molecule has 0 aliphatic rings. The minimum absolute atomic E-state index is 0.0133. The van der Waals surface area contributed by atoms with E-state index in [1.54, 1.807) is 19.9 Å². The summed E-state index contributed by atoms with van der Waals surface area (Å²) in [6.07, 6.45) is 1.17. The lowest BCUT2D eigenvalue weighted by Crippen LogP contribution is -2.21. The number of hydrogen-bond donors (Lipinski definition) is 2. The summed E-state index contributed by atoms with van der Waals surface area (Å²) in [5.41, 5.74) is -0.0815. The highest BCUT2D eigenvalue weighted by Gasteiger charge is 2.23. The van der Waals surface area contributed by atoms with Crippen LogP contribution in [-0.4, -0.2) is 46.0 Å². The van der Waals surface area contributed by atoms with Crippen molar-refractivity contribution in [2.75, 3.05) is 18.5 Å². The normalized spacial score (nSPS) is 10.6. The van der Waals surface area contributed by atoms with Crippen LogP contribution in [0.4, 0.5) is 15.3 Å². The summed E-state index contributed by atoms with van der Waals surface area (Å²) in [7, 11) is 0. The van der Waals surface area contributed by atoms with Crippen molar-refractivity contribution in [3.63, 3.8) is 0 Å². The van der Waals surface area contributed by atoms with E-state index < -0.39 is 23.6 Å². The van der Waals surface area contributed by atoms with E-state index in [0.29, 0.717) is 0 Å². The average molecular weight is 517 g/mol. The highest BCUT2D eigenvalue weighted by atomic mass is 16.6. The first kappa shape index (κ1) is 25.9. The Morgan fingerprint density at radius 2 is 1.79 bits per heavy atom. The third-order valence-electron chi connectivity index (χ3n) is 5.35. The SMILES string of the molecule is CCOC(=O)Nc1cc(OC(=O)c2cccnc2)ccc1-c1cc(=O)c2cccc(O)c2n1C(=O)OCC. The lowest BCUT2D eigenvalue weighted by molar-refractivity contribution is 0.0734. The van der Waals surface area contributed by atoms with Crippen LogP contribution in [0.1, 0.15) is 24.2 Å². The third-order valence-corrected chi connectivity index (χ3v) is 5.35. The van der Waals surface area contributed by atoms with Gasteiger partial charge in [-0.1, -0.05) is 6.07 Å². The second-order valence-corrected chi connectivity index (χ2v) is 7.79. The van der Waals surface area contributed by atoms with Crippen LogP contribution in [0.2, 0.25) is 0 Å². The van der Waals surface area contributed by atoms with Gasteiger partial charge in [0.15, 0.2) is 5.43 Å². The van der Waals surface area contributed by atoms with Gasteiger partial charge in [-0.25, -0.2) is 19.0 Å². The quantitative estimate of drug-likeness (QED) is 0.277. The number of anilines is 1. The van der Waals surface area contributed by atoms with Crippen molar-refractivity contribution in [3.8, 4) is 22.8 Å². The molecular weight excluding hydrogens is 494 g/mol. The van der Waals surface area contributed by atoms with Gasteiger partial charge in [0.1, 0.15) is 17.0 Å². The number of benzene rings is 2. The number of carbonyl (C=O) groups is 3. The Kier molecular flexibility index (Phi) is 7.66. The molecular formula is C27H23N3O8. The smallest absolute Gasteiger partial charge is 0.419 e. The van der Waals surface area contributed by atoms with Crippen LogP contribution >= 0.6 is 0 Å². The Balaban J connectivity index is 1.91. The first-order valence-electron chi connectivity index (χ1n) is 11.6. The van der Waals surface area contributed by atoms with Crippen LogP contribution in [0.15, 0.2) is 71.8 Å². The standard InChI is InChI=1S/C27H23N3O8/c1-3-36-26(34)29-20-13-17(38-25(33)16-7-6-12-28-15-16)10-11-18(20)21-14-23(32)19-8-5-9-22(31)24(19)30(21)27(35)37-4-2/h5-15,31H,3-4H2,1-2H3,(H,29,34). The highest BCUT2D eigenvalue weighted by Crippen LogP contribution is 2.35. The number of phenolic OH excluding ortho intramolecular Hbond substituents is 1. The summed E-state index contributed by atoms with van der Waals surface area (Å²) in [5, 5.41) is 13.2. The Morgan fingerprint density at radius 3 is 2.50 bits per heavy atom. The maximum absolute atomic E-state index is 13.1. The molecule has 0 saturated heterocycles. The molecule has 38 heavy (non-hydrogen) atoms. The number of aromatic hydroxyl groups is 1. The van der Waals surface area contributed by atoms with E-state index in [-0.39, 0.29) is 58.1 Å². The number of fused-ring (bicyclic) bond motifs is 1. The average Bonchev–Trinajstić information content (AvgIpc) is 2.90. The van der Waals surface area contributed by atoms with Crippen molar-refractivity contribution in [2.45, 2.75) is 13.8 Å². The van der Waals surface area contributed by atoms with Crippen molar-refractivity contribution in [3.05, 3.63) is 82.8 Å². The van der Waals surface area contributed by atoms with Crippen molar-refractivity contribution >= 4 is 34.7 Å². The van der Waals surface area contributed by atoms with E-state index in [4.69, 9.17) is 14.2 Å². The van der Waals surface area contributed by atoms with Crippen LogP contribution in [0.25, 0.3) is 22.2 Å². The summed E-state index contributed by atoms with van der Waals surface area (Å²) >= 11 is 0. The molecule has 4 rings (SSSR count). The lowest BCUT2D eigenvalue weighted by atomic mass is 10.0. The zero-order valence-electron chi connectivity index (χ0n) is 20.5. The van der Waals surface area contributed by atoms with Gasteiger partial charge in [0.05, 0.1) is 35.5 Å². The molecule has 0 aliphatic carbocycles. The van der Waals surface area contributed by atoms with Gasteiger partial charge in [0.2, 0.25) is 0 Å². The van der Waals surface area contributed by atoms with Gasteiger partial charge in [0, 0.05) is 30.1 Å². The molecule has 0 saturated carbocycles. The first-order chi connectivity index (χ1) is 18.3. The van der Waals surface area contributed by atoms with Crippen molar-refractivity contribution in [1.29, 1.82) is 0 Å². The minimum Gasteiger partial charge on any atom is -0.506 e. The number of ether oxygens (including phenoxy) is 3. The molecule has 2 N–H and O–H groups in total. The number of pyridine rings is 2. The molecule has 2 aromatic heterocycles. The molecule has 2 heterocycles. The fraction of sp³-hybridized carbons (Fsp3) is 0.148. The maximum Gasteiger partial charge on any atom is 0.419 e. The van der Waals surface area contributed by atoms with Crippen LogP contribution in [0.3, 0.4) is 0 Å². The van der Waals surface area contributed by atoms with E-state index in [1.165, 1.54) is 60.9 Å². The molecule has 11 nitrogen and oxygen atoms in total. The second-order valence-electron chi connectivity index (χ2n) is 7.79. The molecule has 0 bridgehead atoms. The van der Waals surface area contributed by atoms with Gasteiger partial charge < -0.3 is 19.3 Å². The monoisotopic (exact) mass is 517 g/mol. The fourth-order valence-corrected chi connectivity index (χ4v) is 3.77. The summed E-state index contributed by atoms with van der Waals surface area (Å²) < 4.78 is 16.7. The van der Waals surface area contributed by atoms with E-state index in [0.717, 1.165) is 4.57 Å². The zero-order valence-corrected chi connectivity index (χ0v) is 20.5. The van der Waals surface area contributed by atoms with Gasteiger partial charge in [-0.15, -0.1) is 0 Å². The molecule has 4 aromatic rings. The van der Waals surface area contributed by atoms with Gasteiger partial charge in [-0.2, -0.15) is 0 Å². The largest absolute Gasteiger partial charge is 0.506 e. The van der Waals surface area contributed by atoms with Crippen LogP contribution in [0.5, 0.6) is 11.5 Å². The predicted molar refractivity (Wildman–Crippen MR) is 138 cm³/mol. The van der Waals surface area contributed by atoms with Gasteiger partial charge in [-0.3, -0.25) is 15.1 Å². The Hall–Kier alpha value is -5.19. The molecule has 194 valence electrons. The lowest BCUT2D eigenvalue weighted by Gasteiger charge is -2.19. The predicted octanol–water partition coefficient (Wildman–Crippen LogP) is 4.56. The van der Waals surface area contributed by atoms with E-state index in [1.807, 2.05) is 0 Å². The number of nitrogens with zero attached hydrogens (tertiary/aromatic N) is 2. The highest BCUT2D eigenvalue weighted by molar-refractivity contribution is 5.99. The van der Waals surface area contributed by atoms with Gasteiger partial charge >= 0.3 is 18.2 Å². The van der Waals surface area contributed by atoms with Crippen LogP contribution < -0.4 is 15.5 Å². The number of aromatic nitrogens is 2. The topological polar surface area (TPSA) is 146 Å². The number of nitrogens with one attached hydrogen (secondary N) is 1. The van der Waals surface area contributed by atoms with Gasteiger partial charge in [-0.05, 0) is 50.2 Å². The molecule has 11 heteroatoms. The molecule has 0 aliphatic heterocycles. The number of para-hydroxylation sites is 1. The first-order valence-corrected chi connectivity index (χ1v) is 11.6. The van der Waals surface area contributed by atoms with Crippen LogP contribution in [-0.2, 0) is 9.47 Å². The third kappa shape index (κ3) is 5.31. The van der Waals surface area contributed by atoms with Crippen molar-refractivity contribution in [2.24, 2.45) is 0 Å². The molecule has 1 amide bonds. The molecule has 0 fully saturated rings. The van der Waals surface area contributed by atoms with Crippen LogP contribution in [0, 0.1) is 0 Å². The minimum atomic E-state index is -0.858. The molecule has 0 atom stereocenters. The fourth-order valence-electron chi connectivity index (χ4n) is 3.77. The van der Waals surface area contributed by atoms with Crippen molar-refractivity contribution in [1.82, 2.24) is 9.55 Å². The molecule has 0 spiro atoms. The molecule has 0 unspecified atom stereocenters. The summed E-state index contributed by atoms with van der Waals surface area (Å²) in [6, 6.07) is 12.8. The Labute approximate surface area is 216 Å². The van der Waals surface area contributed by atoms with E-state index in [9.17, 15) is 24.3 Å². The van der Waals surface area contributed by atoms with Crippen molar-refractivity contribution < 1.29 is 33.7 Å². The summed E-state index contributed by atoms with van der Waals surface area (Å²) in [4.78, 5) is 54.8. The number of phenols is 1. The summed E-state index contributed by atoms with van der Waals surface area (Å²) in [5.74, 6) is -0.952. The second kappa shape index (κ2) is 11.2. The molecule has 0 radical (unpaired) electrons. The summed E-state index contributed by atoms with van der Waals surface area (Å²) in [6.45, 7) is 3.34. The van der Waals surface area contributed by atoms with E-state index >= 15 is 0 Å². The number of hydrogen-bond acceptors (Lipinski definition) is 9. The number of carbonyl (C=O) groups excluding carboxylic acids is 3. The van der Waals surface area contributed by atoms with E-state index in [2.05, 4.69) is 10.3 Å². The zero-order chi connectivity index (χ0) is 27.2. The van der Waals surface area contributed by atoms with Gasteiger partial charge in [0.25, 0.3) is 0 Å². The Morgan fingerprint density at radius 1 is 1.00 bits per heavy atom.